The summed E-state index contributed by atoms with van der Waals surface area (Å²) in [4.78, 5) is 32.5. The molecule has 0 aliphatic carbocycles. The maximum Gasteiger partial charge on any atom is 0.302 e. The normalized spacial score (nSPS) is 17.3. The zero-order chi connectivity index (χ0) is 24.7. The molecule has 35 heavy (non-hydrogen) atoms. The van der Waals surface area contributed by atoms with E-state index in [9.17, 15) is 14.7 Å². The Labute approximate surface area is 205 Å². The number of hydrogen-bond acceptors (Lipinski definition) is 8. The molecule has 1 N–H and O–H groups in total. The lowest BCUT2D eigenvalue weighted by molar-refractivity contribution is -0.132. The summed E-state index contributed by atoms with van der Waals surface area (Å²) in [6.07, 6.45) is 0. The number of aliphatic hydroxyl groups is 1. The Morgan fingerprint density at radius 1 is 1.11 bits per heavy atom. The van der Waals surface area contributed by atoms with Crippen LogP contribution in [0, 0.1) is 6.92 Å². The highest BCUT2D eigenvalue weighted by Crippen LogP contribution is 2.45. The van der Waals surface area contributed by atoms with Gasteiger partial charge in [-0.3, -0.25) is 14.5 Å². The largest absolute Gasteiger partial charge is 0.507 e. The first-order valence-corrected chi connectivity index (χ1v) is 11.8. The summed E-state index contributed by atoms with van der Waals surface area (Å²) in [7, 11) is 1.54. The molecule has 9 heteroatoms. The van der Waals surface area contributed by atoms with Crippen molar-refractivity contribution in [1.29, 1.82) is 0 Å². The third-order valence-electron chi connectivity index (χ3n) is 5.70. The number of ether oxygens (including phenoxy) is 2. The van der Waals surface area contributed by atoms with Crippen molar-refractivity contribution in [3.05, 3.63) is 77.3 Å². The van der Waals surface area contributed by atoms with Crippen LogP contribution in [0.2, 0.25) is 0 Å². The van der Waals surface area contributed by atoms with E-state index in [0.29, 0.717) is 45.8 Å². The molecule has 1 atom stereocenters. The van der Waals surface area contributed by atoms with Crippen LogP contribution in [0.4, 0.5) is 5.13 Å². The van der Waals surface area contributed by atoms with Gasteiger partial charge in [-0.25, -0.2) is 4.98 Å². The number of anilines is 1. The summed E-state index contributed by atoms with van der Waals surface area (Å²) in [5.41, 5.74) is 0.978. The number of aryl methyl sites for hydroxylation is 1. The van der Waals surface area contributed by atoms with Crippen molar-refractivity contribution in [2.75, 3.05) is 18.6 Å². The van der Waals surface area contributed by atoms with Gasteiger partial charge in [0.1, 0.15) is 34.8 Å². The lowest BCUT2D eigenvalue weighted by Crippen LogP contribution is -2.29. The Bertz CT molecular complexity index is 1470. The van der Waals surface area contributed by atoms with Crippen molar-refractivity contribution in [2.45, 2.75) is 19.9 Å². The number of thiazole rings is 1. The highest BCUT2D eigenvalue weighted by molar-refractivity contribution is 7.22. The molecular formula is C26H22N2O6S. The van der Waals surface area contributed by atoms with Crippen molar-refractivity contribution in [1.82, 2.24) is 4.98 Å². The van der Waals surface area contributed by atoms with Gasteiger partial charge in [0.05, 0.1) is 29.5 Å². The van der Waals surface area contributed by atoms with E-state index >= 15 is 0 Å². The van der Waals surface area contributed by atoms with Crippen molar-refractivity contribution < 1.29 is 28.6 Å². The number of ketones is 1. The highest BCUT2D eigenvalue weighted by atomic mass is 32.1. The summed E-state index contributed by atoms with van der Waals surface area (Å²) in [5, 5.41) is 11.5. The van der Waals surface area contributed by atoms with Gasteiger partial charge in [0.25, 0.3) is 5.78 Å². The first kappa shape index (κ1) is 22.7. The van der Waals surface area contributed by atoms with Gasteiger partial charge < -0.3 is 19.0 Å². The lowest BCUT2D eigenvalue weighted by Gasteiger charge is -2.20. The number of aliphatic hydroxyl groups excluding tert-OH is 1. The molecular weight excluding hydrogens is 468 g/mol. The topological polar surface area (TPSA) is 102 Å². The Morgan fingerprint density at radius 3 is 2.51 bits per heavy atom. The van der Waals surface area contributed by atoms with E-state index < -0.39 is 17.7 Å². The second kappa shape index (κ2) is 8.92. The van der Waals surface area contributed by atoms with E-state index in [-0.39, 0.29) is 11.3 Å². The molecule has 2 aromatic carbocycles. The van der Waals surface area contributed by atoms with E-state index in [4.69, 9.17) is 13.9 Å². The smallest absolute Gasteiger partial charge is 0.302 e. The molecule has 3 heterocycles. The van der Waals surface area contributed by atoms with E-state index in [1.165, 1.54) is 23.3 Å². The molecule has 1 fully saturated rings. The van der Waals surface area contributed by atoms with Crippen LogP contribution >= 0.6 is 11.3 Å². The molecule has 2 aromatic heterocycles. The molecule has 1 amide bonds. The van der Waals surface area contributed by atoms with Gasteiger partial charge >= 0.3 is 5.91 Å². The highest BCUT2D eigenvalue weighted by Gasteiger charge is 2.49. The number of Topliss-reactive ketones (excluding diaryl/α,β-unsaturated/α-hetero) is 1. The number of carbonyl (C=O) groups excluding carboxylic acids is 2. The van der Waals surface area contributed by atoms with Gasteiger partial charge in [0.2, 0.25) is 0 Å². The average Bonchev–Trinajstić information content (AvgIpc) is 3.54. The second-order valence-electron chi connectivity index (χ2n) is 7.90. The van der Waals surface area contributed by atoms with Gasteiger partial charge in [-0.1, -0.05) is 11.3 Å². The van der Waals surface area contributed by atoms with Crippen molar-refractivity contribution in [3.63, 3.8) is 0 Å². The van der Waals surface area contributed by atoms with Gasteiger partial charge in [-0.15, -0.1) is 0 Å². The molecule has 8 nitrogen and oxygen atoms in total. The SMILES string of the molecule is CCOc1ccc2nc(N3C(=O)C(=O)C(=C(O)c4ccc(OC)cc4)C3c3ccc(C)o3)sc2c1. The Hall–Kier alpha value is -4.11. The fourth-order valence-electron chi connectivity index (χ4n) is 4.06. The molecule has 0 radical (unpaired) electrons. The number of methoxy groups -OCH3 is 1. The average molecular weight is 491 g/mol. The minimum absolute atomic E-state index is 0.0659. The second-order valence-corrected chi connectivity index (χ2v) is 8.91. The van der Waals surface area contributed by atoms with E-state index in [2.05, 4.69) is 4.98 Å². The summed E-state index contributed by atoms with van der Waals surface area (Å²) in [6.45, 7) is 4.19. The molecule has 1 saturated heterocycles. The zero-order valence-electron chi connectivity index (χ0n) is 19.3. The first-order valence-electron chi connectivity index (χ1n) is 11.0. The van der Waals surface area contributed by atoms with Crippen molar-refractivity contribution in [2.24, 2.45) is 0 Å². The van der Waals surface area contributed by atoms with Crippen LogP contribution in [0.15, 0.2) is 64.6 Å². The molecule has 1 aliphatic rings. The van der Waals surface area contributed by atoms with E-state index in [1.807, 2.05) is 13.0 Å². The number of aromatic nitrogens is 1. The van der Waals surface area contributed by atoms with Crippen LogP contribution in [0.5, 0.6) is 11.5 Å². The maximum absolute atomic E-state index is 13.3. The number of rotatable bonds is 6. The van der Waals surface area contributed by atoms with Gasteiger partial charge in [-0.2, -0.15) is 0 Å². The molecule has 178 valence electrons. The number of hydrogen-bond donors (Lipinski definition) is 1. The fourth-order valence-corrected chi connectivity index (χ4v) is 5.08. The Kier molecular flexibility index (Phi) is 5.78. The van der Waals surface area contributed by atoms with Crippen LogP contribution in [0.3, 0.4) is 0 Å². The number of nitrogens with zero attached hydrogens (tertiary/aromatic N) is 2. The monoisotopic (exact) mass is 490 g/mol. The fraction of sp³-hybridized carbons (Fsp3) is 0.192. The minimum atomic E-state index is -0.974. The third kappa shape index (κ3) is 3.93. The molecule has 0 bridgehead atoms. The standard InChI is InChI=1S/C26H22N2O6S/c1-4-33-17-10-11-18-20(13-17)35-26(27-18)28-22(19-12-5-14(2)34-19)21(24(30)25(28)31)23(29)15-6-8-16(32-3)9-7-15/h5-13,22,29H,4H2,1-3H3. The van der Waals surface area contributed by atoms with E-state index in [0.717, 1.165) is 4.70 Å². The van der Waals surface area contributed by atoms with Gasteiger partial charge in [0.15, 0.2) is 5.13 Å². The first-order chi connectivity index (χ1) is 16.9. The third-order valence-corrected chi connectivity index (χ3v) is 6.72. The quantitative estimate of drug-likeness (QED) is 0.224. The van der Waals surface area contributed by atoms with Crippen LogP contribution in [-0.2, 0) is 9.59 Å². The predicted molar refractivity (Wildman–Crippen MR) is 132 cm³/mol. The zero-order valence-corrected chi connectivity index (χ0v) is 20.1. The number of amides is 1. The lowest BCUT2D eigenvalue weighted by atomic mass is 9.99. The van der Waals surface area contributed by atoms with E-state index in [1.54, 1.807) is 55.5 Å². The summed E-state index contributed by atoms with van der Waals surface area (Å²) in [5.74, 6) is 0.352. The van der Waals surface area contributed by atoms with Crippen LogP contribution in [-0.4, -0.2) is 35.5 Å². The number of carbonyl (C=O) groups is 2. The Balaban J connectivity index is 1.66. The molecule has 0 spiro atoms. The van der Waals surface area contributed by atoms with Crippen molar-refractivity contribution in [3.8, 4) is 11.5 Å². The van der Waals surface area contributed by atoms with Gasteiger partial charge in [0, 0.05) is 5.56 Å². The van der Waals surface area contributed by atoms with Gasteiger partial charge in [-0.05, 0) is 68.4 Å². The number of fused-ring (bicyclic) bond motifs is 1. The predicted octanol–water partition coefficient (Wildman–Crippen LogP) is 5.23. The minimum Gasteiger partial charge on any atom is -0.507 e. The summed E-state index contributed by atoms with van der Waals surface area (Å²) < 4.78 is 17.4. The summed E-state index contributed by atoms with van der Waals surface area (Å²) in [6, 6.07) is 14.5. The maximum atomic E-state index is 13.3. The molecule has 1 aliphatic heterocycles. The van der Waals surface area contributed by atoms with Crippen LogP contribution < -0.4 is 14.4 Å². The molecule has 1 unspecified atom stereocenters. The molecule has 4 aromatic rings. The summed E-state index contributed by atoms with van der Waals surface area (Å²) >= 11 is 1.26. The van der Waals surface area contributed by atoms with Crippen LogP contribution in [0.25, 0.3) is 16.0 Å². The van der Waals surface area contributed by atoms with Crippen LogP contribution in [0.1, 0.15) is 30.0 Å². The van der Waals surface area contributed by atoms with Crippen molar-refractivity contribution >= 4 is 44.1 Å². The number of furan rings is 1. The molecule has 5 rings (SSSR count). The Morgan fingerprint density at radius 2 is 1.86 bits per heavy atom. The number of benzene rings is 2. The molecule has 0 saturated carbocycles.